The van der Waals surface area contributed by atoms with Crippen LogP contribution in [0.15, 0.2) is 28.7 Å². The first kappa shape index (κ1) is 38.3. The van der Waals surface area contributed by atoms with E-state index in [1.54, 1.807) is 31.4 Å². The van der Waals surface area contributed by atoms with E-state index in [0.717, 1.165) is 6.92 Å². The zero-order valence-corrected chi connectivity index (χ0v) is 30.4. The summed E-state index contributed by atoms with van der Waals surface area (Å²) < 4.78 is 22.5. The van der Waals surface area contributed by atoms with Crippen molar-refractivity contribution >= 4 is 35.2 Å². The maximum absolute atomic E-state index is 14.4. The van der Waals surface area contributed by atoms with Gasteiger partial charge in [-0.2, -0.15) is 0 Å². The number of carbonyl (C=O) groups is 4. The zero-order valence-electron chi connectivity index (χ0n) is 29.6. The second-order valence-electron chi connectivity index (χ2n) is 16.1. The van der Waals surface area contributed by atoms with Crippen molar-refractivity contribution in [3.05, 3.63) is 33.5 Å². The summed E-state index contributed by atoms with van der Waals surface area (Å²) in [6.07, 6.45) is -10.8. The number of thiophene rings is 1. The molecule has 0 unspecified atom stereocenters. The van der Waals surface area contributed by atoms with Gasteiger partial charge in [-0.3, -0.25) is 9.59 Å². The Morgan fingerprint density at radius 2 is 1.80 bits per heavy atom. The molecule has 15 heteroatoms. The third-order valence-electron chi connectivity index (χ3n) is 11.2. The minimum Gasteiger partial charge on any atom is -0.459 e. The van der Waals surface area contributed by atoms with Crippen molar-refractivity contribution in [1.29, 1.82) is 0 Å². The molecule has 6 N–H and O–H groups in total. The van der Waals surface area contributed by atoms with Crippen LogP contribution in [-0.4, -0.2) is 110 Å². The van der Waals surface area contributed by atoms with Gasteiger partial charge in [-0.15, -0.1) is 11.3 Å². The molecule has 50 heavy (non-hydrogen) atoms. The number of Topliss-reactive ketones (excluding diaryl/α,β-unsaturated/α-hetero) is 1. The molecule has 1 amide bonds. The van der Waals surface area contributed by atoms with Crippen molar-refractivity contribution in [3.8, 4) is 0 Å². The molecule has 2 saturated carbocycles. The quantitative estimate of drug-likeness (QED) is 0.134. The number of hydrogen-bond acceptors (Lipinski definition) is 14. The molecule has 0 spiro atoms. The number of amides is 1. The van der Waals surface area contributed by atoms with Crippen molar-refractivity contribution in [2.75, 3.05) is 13.2 Å². The topological polar surface area (TPSA) is 218 Å². The Balaban J connectivity index is 1.55. The predicted molar refractivity (Wildman–Crippen MR) is 176 cm³/mol. The van der Waals surface area contributed by atoms with Crippen molar-refractivity contribution in [2.24, 2.45) is 22.2 Å². The Kier molecular flexibility index (Phi) is 9.91. The maximum Gasteiger partial charge on any atom is 0.407 e. The first-order chi connectivity index (χ1) is 23.0. The van der Waals surface area contributed by atoms with Crippen molar-refractivity contribution in [1.82, 2.24) is 5.32 Å². The Morgan fingerprint density at radius 1 is 1.14 bits per heavy atom. The minimum absolute atomic E-state index is 0.0229. The summed E-state index contributed by atoms with van der Waals surface area (Å²) in [6.45, 7) is 12.5. The number of aliphatic hydroxyl groups is 5. The number of rotatable bonds is 7. The number of ketones is 1. The number of nitrogens with one attached hydrogen (secondary N) is 1. The number of hydrogen-bond donors (Lipinski definition) is 6. The second kappa shape index (κ2) is 12.9. The highest BCUT2D eigenvalue weighted by atomic mass is 32.1. The SMILES string of the molecule is CC(=O)O[C@H]1[C@@H]2[C@]3(O)CO[C@@H]3C[C@H](O)[C@@]2(C)C(=O)[C@H](O)C2=C(C)[C@@H](OC(=O)[C@H](O)[C@@H](NC(=O)OCC(C)(C)C)c3cccs3)C[C@]1(O)C2(C)C. The molecule has 2 heterocycles. The first-order valence-corrected chi connectivity index (χ1v) is 17.6. The fraction of sp³-hybridized carbons (Fsp3) is 0.714. The molecule has 0 aromatic carbocycles. The van der Waals surface area contributed by atoms with E-state index >= 15 is 0 Å². The zero-order chi connectivity index (χ0) is 37.4. The molecule has 14 nitrogen and oxygen atoms in total. The number of ether oxygens (including phenoxy) is 4. The van der Waals surface area contributed by atoms with E-state index in [4.69, 9.17) is 18.9 Å². The van der Waals surface area contributed by atoms with Gasteiger partial charge in [0, 0.05) is 36.0 Å². The average Bonchev–Trinajstić information content (AvgIpc) is 3.55. The van der Waals surface area contributed by atoms with Gasteiger partial charge in [0.25, 0.3) is 0 Å². The van der Waals surface area contributed by atoms with Crippen LogP contribution in [0, 0.1) is 22.2 Å². The summed E-state index contributed by atoms with van der Waals surface area (Å²) in [5.74, 6) is -4.38. The molecule has 4 aliphatic rings. The third-order valence-corrected chi connectivity index (χ3v) is 12.2. The normalized spacial score (nSPS) is 37.5. The molecular formula is C35H49NO13S. The smallest absolute Gasteiger partial charge is 0.407 e. The van der Waals surface area contributed by atoms with Gasteiger partial charge in [-0.25, -0.2) is 9.59 Å². The lowest BCUT2D eigenvalue weighted by molar-refractivity contribution is -0.345. The number of esters is 2. The van der Waals surface area contributed by atoms with Crippen LogP contribution in [0.2, 0.25) is 0 Å². The lowest BCUT2D eigenvalue weighted by atomic mass is 9.45. The second-order valence-corrected chi connectivity index (χ2v) is 17.1. The molecule has 278 valence electrons. The van der Waals surface area contributed by atoms with Gasteiger partial charge in [0.05, 0.1) is 30.8 Å². The lowest BCUT2D eigenvalue weighted by Gasteiger charge is -2.66. The van der Waals surface area contributed by atoms with E-state index in [-0.39, 0.29) is 36.2 Å². The largest absolute Gasteiger partial charge is 0.459 e. The summed E-state index contributed by atoms with van der Waals surface area (Å²) in [6, 6.07) is 1.99. The summed E-state index contributed by atoms with van der Waals surface area (Å²) in [7, 11) is 0. The van der Waals surface area contributed by atoms with Crippen molar-refractivity contribution < 1.29 is 63.7 Å². The van der Waals surface area contributed by atoms with Gasteiger partial charge in [0.15, 0.2) is 11.9 Å². The molecule has 11 atom stereocenters. The highest BCUT2D eigenvalue weighted by Crippen LogP contribution is 2.63. The Labute approximate surface area is 294 Å². The predicted octanol–water partition coefficient (Wildman–Crippen LogP) is 1.70. The summed E-state index contributed by atoms with van der Waals surface area (Å²) >= 11 is 1.17. The van der Waals surface area contributed by atoms with Crippen LogP contribution < -0.4 is 5.32 Å². The van der Waals surface area contributed by atoms with Crippen LogP contribution in [0.25, 0.3) is 0 Å². The van der Waals surface area contributed by atoms with Crippen molar-refractivity contribution in [3.63, 3.8) is 0 Å². The van der Waals surface area contributed by atoms with Crippen LogP contribution in [0.5, 0.6) is 0 Å². The van der Waals surface area contributed by atoms with Gasteiger partial charge >= 0.3 is 18.0 Å². The van der Waals surface area contributed by atoms with E-state index in [1.165, 1.54) is 25.2 Å². The molecule has 3 fully saturated rings. The average molecular weight is 724 g/mol. The third kappa shape index (κ3) is 6.07. The molecule has 1 aromatic rings. The van der Waals surface area contributed by atoms with E-state index in [9.17, 15) is 44.7 Å². The standard InChI is InChI=1S/C35H49NO13S/c1-16-18(49-29(42)25(40)23(19-10-9-11-50-19)36-30(43)47-14-31(3,4)5)13-35(45)28(48-17(2)37)26-33(8,20(38)12-21-34(26,44)15-46-21)27(41)24(39)22(16)32(35,6)7/h9-11,18,20-21,23-26,28,38-40,44-45H,12-15H2,1-8H3,(H,36,43)/t18-,20-,21+,23-,24+,25+,26-,28-,33+,34-,35+/m0/s1. The Morgan fingerprint density at radius 3 is 2.34 bits per heavy atom. The van der Waals surface area contributed by atoms with E-state index in [1.807, 2.05) is 20.8 Å². The van der Waals surface area contributed by atoms with Gasteiger partial charge in [0.2, 0.25) is 0 Å². The number of aliphatic hydroxyl groups excluding tert-OH is 3. The fourth-order valence-electron chi connectivity index (χ4n) is 8.37. The molecule has 0 radical (unpaired) electrons. The lowest BCUT2D eigenvalue weighted by Crippen LogP contribution is -2.81. The molecule has 5 rings (SSSR count). The van der Waals surface area contributed by atoms with Gasteiger partial charge < -0.3 is 49.8 Å². The highest BCUT2D eigenvalue weighted by Gasteiger charge is 2.76. The van der Waals surface area contributed by atoms with Crippen molar-refractivity contribution in [2.45, 2.75) is 122 Å². The number of fused-ring (bicyclic) bond motifs is 5. The van der Waals surface area contributed by atoms with Crippen LogP contribution in [0.4, 0.5) is 4.79 Å². The summed E-state index contributed by atoms with van der Waals surface area (Å²) in [5.41, 5.74) is -7.70. The van der Waals surface area contributed by atoms with Gasteiger partial charge in [-0.05, 0) is 41.9 Å². The number of alkyl carbamates (subject to hydrolysis) is 1. The highest BCUT2D eigenvalue weighted by molar-refractivity contribution is 7.10. The molecular weight excluding hydrogens is 674 g/mol. The Bertz CT molecular complexity index is 1550. The minimum atomic E-state index is -2.23. The van der Waals surface area contributed by atoms with Crippen LogP contribution in [0.1, 0.15) is 79.2 Å². The molecule has 1 aliphatic heterocycles. The van der Waals surface area contributed by atoms with E-state index in [2.05, 4.69) is 5.32 Å². The maximum atomic E-state index is 14.4. The molecule has 2 bridgehead atoms. The monoisotopic (exact) mass is 723 g/mol. The fourth-order valence-corrected chi connectivity index (χ4v) is 9.17. The summed E-state index contributed by atoms with van der Waals surface area (Å²) in [5, 5.41) is 63.7. The van der Waals surface area contributed by atoms with Gasteiger partial charge in [0.1, 0.15) is 35.6 Å². The molecule has 1 aromatic heterocycles. The van der Waals surface area contributed by atoms with E-state index < -0.39 is 101 Å². The molecule has 3 aliphatic carbocycles. The van der Waals surface area contributed by atoms with Gasteiger partial charge in [-0.1, -0.05) is 40.7 Å². The first-order valence-electron chi connectivity index (χ1n) is 16.7. The van der Waals surface area contributed by atoms with E-state index in [0.29, 0.717) is 4.88 Å². The van der Waals surface area contributed by atoms with Crippen LogP contribution >= 0.6 is 11.3 Å². The Hall–Kier alpha value is -2.92. The van der Waals surface area contributed by atoms with Crippen LogP contribution in [0.3, 0.4) is 0 Å². The summed E-state index contributed by atoms with van der Waals surface area (Å²) in [4.78, 5) is 54.0. The molecule has 1 saturated heterocycles. The number of carbonyl (C=O) groups excluding carboxylic acids is 4. The van der Waals surface area contributed by atoms with Crippen LogP contribution in [-0.2, 0) is 33.3 Å².